The van der Waals surface area contributed by atoms with Gasteiger partial charge >= 0.3 is 0 Å². The summed E-state index contributed by atoms with van der Waals surface area (Å²) in [6.07, 6.45) is 8.11. The van der Waals surface area contributed by atoms with Crippen molar-refractivity contribution in [2.45, 2.75) is 58.3 Å². The molecule has 0 radical (unpaired) electrons. The second-order valence-electron chi connectivity index (χ2n) is 7.68. The van der Waals surface area contributed by atoms with Gasteiger partial charge in [-0.2, -0.15) is 4.37 Å². The molecule has 1 aromatic carbocycles. The minimum absolute atomic E-state index is 0.231. The molecule has 0 N–H and O–H groups in total. The standard InChI is InChI=1S/C22H31FN4OS/c1-2-3-4-5-6-8-21(28)26-13-7-14-27(16-15-26)22-24-20(25-29-22)17-18-9-11-19(23)12-10-18/h9-12H,2-8,13-17H2,1H3. The fourth-order valence-corrected chi connectivity index (χ4v) is 4.36. The summed E-state index contributed by atoms with van der Waals surface area (Å²) in [5, 5.41) is 0.913. The molecule has 29 heavy (non-hydrogen) atoms. The van der Waals surface area contributed by atoms with E-state index in [1.165, 1.54) is 42.9 Å². The first-order valence-electron chi connectivity index (χ1n) is 10.8. The molecule has 0 unspecified atom stereocenters. The van der Waals surface area contributed by atoms with Crippen LogP contribution in [0.25, 0.3) is 0 Å². The normalized spacial score (nSPS) is 14.8. The summed E-state index contributed by atoms with van der Waals surface area (Å²) in [7, 11) is 0. The van der Waals surface area contributed by atoms with Gasteiger partial charge in [0.1, 0.15) is 11.6 Å². The summed E-state index contributed by atoms with van der Waals surface area (Å²) in [5.74, 6) is 0.823. The summed E-state index contributed by atoms with van der Waals surface area (Å²) in [4.78, 5) is 21.4. The van der Waals surface area contributed by atoms with Crippen molar-refractivity contribution in [1.82, 2.24) is 14.3 Å². The molecule has 0 spiro atoms. The van der Waals surface area contributed by atoms with Crippen molar-refractivity contribution >= 4 is 22.6 Å². The van der Waals surface area contributed by atoms with E-state index in [0.717, 1.165) is 62.0 Å². The van der Waals surface area contributed by atoms with Gasteiger partial charge in [0, 0.05) is 50.6 Å². The Bertz CT molecular complexity index is 764. The van der Waals surface area contributed by atoms with Gasteiger partial charge in [0.2, 0.25) is 11.0 Å². The van der Waals surface area contributed by atoms with Crippen LogP contribution < -0.4 is 4.90 Å². The van der Waals surface area contributed by atoms with E-state index in [1.54, 1.807) is 12.1 Å². The molecule has 3 rings (SSSR count). The first kappa shape index (κ1) is 21.7. The predicted molar refractivity (Wildman–Crippen MR) is 116 cm³/mol. The third kappa shape index (κ3) is 6.77. The number of unbranched alkanes of at least 4 members (excludes halogenated alkanes) is 4. The van der Waals surface area contributed by atoms with Gasteiger partial charge in [-0.1, -0.05) is 44.7 Å². The van der Waals surface area contributed by atoms with Crippen LogP contribution in [0, 0.1) is 5.82 Å². The highest BCUT2D eigenvalue weighted by atomic mass is 32.1. The van der Waals surface area contributed by atoms with Gasteiger partial charge in [-0.25, -0.2) is 9.37 Å². The predicted octanol–water partition coefficient (Wildman–Crippen LogP) is 4.67. The zero-order valence-electron chi connectivity index (χ0n) is 17.3. The van der Waals surface area contributed by atoms with Crippen LogP contribution in [-0.4, -0.2) is 46.3 Å². The molecule has 0 aliphatic carbocycles. The third-order valence-corrected chi connectivity index (χ3v) is 6.16. The van der Waals surface area contributed by atoms with Crippen LogP contribution in [-0.2, 0) is 11.2 Å². The summed E-state index contributed by atoms with van der Waals surface area (Å²) in [6, 6.07) is 6.47. The molecule has 7 heteroatoms. The number of hydrogen-bond donors (Lipinski definition) is 0. The number of carbonyl (C=O) groups excluding carboxylic acids is 1. The van der Waals surface area contributed by atoms with Crippen LogP contribution in [0.1, 0.15) is 63.3 Å². The minimum Gasteiger partial charge on any atom is -0.345 e. The van der Waals surface area contributed by atoms with E-state index in [1.807, 2.05) is 4.90 Å². The Morgan fingerprint density at radius 2 is 1.86 bits per heavy atom. The van der Waals surface area contributed by atoms with Crippen molar-refractivity contribution in [3.8, 4) is 0 Å². The van der Waals surface area contributed by atoms with E-state index in [0.29, 0.717) is 12.8 Å². The van der Waals surface area contributed by atoms with E-state index in [2.05, 4.69) is 21.2 Å². The molecule has 1 amide bonds. The largest absolute Gasteiger partial charge is 0.345 e. The highest BCUT2D eigenvalue weighted by molar-refractivity contribution is 7.09. The lowest BCUT2D eigenvalue weighted by Gasteiger charge is -2.21. The molecule has 5 nitrogen and oxygen atoms in total. The summed E-state index contributed by atoms with van der Waals surface area (Å²) >= 11 is 1.41. The minimum atomic E-state index is -0.231. The second-order valence-corrected chi connectivity index (χ2v) is 8.41. The van der Waals surface area contributed by atoms with Gasteiger partial charge in [0.15, 0.2) is 0 Å². The van der Waals surface area contributed by atoms with Crippen LogP contribution >= 0.6 is 11.5 Å². The number of nitrogens with zero attached hydrogens (tertiary/aromatic N) is 4. The van der Waals surface area contributed by atoms with E-state index < -0.39 is 0 Å². The van der Waals surface area contributed by atoms with Crippen LogP contribution in [0.15, 0.2) is 24.3 Å². The van der Waals surface area contributed by atoms with Crippen molar-refractivity contribution in [3.05, 3.63) is 41.5 Å². The number of anilines is 1. The van der Waals surface area contributed by atoms with Crippen molar-refractivity contribution < 1.29 is 9.18 Å². The van der Waals surface area contributed by atoms with Crippen molar-refractivity contribution in [3.63, 3.8) is 0 Å². The summed E-state index contributed by atoms with van der Waals surface area (Å²) < 4.78 is 17.5. The van der Waals surface area contributed by atoms with Crippen LogP contribution in [0.2, 0.25) is 0 Å². The van der Waals surface area contributed by atoms with E-state index in [4.69, 9.17) is 0 Å². The molecule has 0 atom stereocenters. The third-order valence-electron chi connectivity index (χ3n) is 5.35. The number of rotatable bonds is 9. The number of carbonyl (C=O) groups is 1. The number of benzene rings is 1. The van der Waals surface area contributed by atoms with Crippen LogP contribution in [0.3, 0.4) is 0 Å². The van der Waals surface area contributed by atoms with E-state index in [9.17, 15) is 9.18 Å². The lowest BCUT2D eigenvalue weighted by molar-refractivity contribution is -0.131. The number of aromatic nitrogens is 2. The highest BCUT2D eigenvalue weighted by Gasteiger charge is 2.21. The molecule has 1 fully saturated rings. The second kappa shape index (κ2) is 11.2. The van der Waals surface area contributed by atoms with Gasteiger partial charge in [0.05, 0.1) is 0 Å². The Morgan fingerprint density at radius 1 is 1.07 bits per heavy atom. The van der Waals surface area contributed by atoms with Crippen LogP contribution in [0.4, 0.5) is 9.52 Å². The lowest BCUT2D eigenvalue weighted by atomic mass is 10.1. The Hall–Kier alpha value is -2.02. The molecule has 0 bridgehead atoms. The number of hydrogen-bond acceptors (Lipinski definition) is 5. The van der Waals surface area contributed by atoms with Gasteiger partial charge in [-0.3, -0.25) is 4.79 Å². The molecular weight excluding hydrogens is 387 g/mol. The average Bonchev–Trinajstić information content (AvgIpc) is 3.04. The Morgan fingerprint density at radius 3 is 2.66 bits per heavy atom. The zero-order chi connectivity index (χ0) is 20.5. The zero-order valence-corrected chi connectivity index (χ0v) is 18.1. The van der Waals surface area contributed by atoms with Gasteiger partial charge < -0.3 is 9.80 Å². The number of halogens is 1. The smallest absolute Gasteiger partial charge is 0.222 e. The molecule has 1 aliphatic heterocycles. The Labute approximate surface area is 177 Å². The van der Waals surface area contributed by atoms with Gasteiger partial charge in [-0.05, 0) is 30.5 Å². The fraction of sp³-hybridized carbons (Fsp3) is 0.591. The topological polar surface area (TPSA) is 49.3 Å². The molecule has 0 saturated carbocycles. The first-order valence-corrected chi connectivity index (χ1v) is 11.5. The molecule has 1 aliphatic rings. The molecule has 158 valence electrons. The quantitative estimate of drug-likeness (QED) is 0.556. The average molecular weight is 419 g/mol. The molecule has 2 aromatic rings. The van der Waals surface area contributed by atoms with Gasteiger partial charge in [-0.15, -0.1) is 0 Å². The van der Waals surface area contributed by atoms with Crippen molar-refractivity contribution in [1.29, 1.82) is 0 Å². The van der Waals surface area contributed by atoms with Crippen molar-refractivity contribution in [2.75, 3.05) is 31.1 Å². The molecule has 2 heterocycles. The lowest BCUT2D eigenvalue weighted by Crippen LogP contribution is -2.35. The molecular formula is C22H31FN4OS. The summed E-state index contributed by atoms with van der Waals surface area (Å²) in [6.45, 7) is 5.47. The van der Waals surface area contributed by atoms with Crippen molar-refractivity contribution in [2.24, 2.45) is 0 Å². The van der Waals surface area contributed by atoms with E-state index >= 15 is 0 Å². The first-order chi connectivity index (χ1) is 14.2. The molecule has 1 saturated heterocycles. The Kier molecular flexibility index (Phi) is 8.40. The fourth-order valence-electron chi connectivity index (χ4n) is 3.63. The Balaban J connectivity index is 1.47. The van der Waals surface area contributed by atoms with E-state index in [-0.39, 0.29) is 11.7 Å². The van der Waals surface area contributed by atoms with Crippen LogP contribution in [0.5, 0.6) is 0 Å². The summed E-state index contributed by atoms with van der Waals surface area (Å²) in [5.41, 5.74) is 1.00. The maximum atomic E-state index is 13.1. The highest BCUT2D eigenvalue weighted by Crippen LogP contribution is 2.21. The number of amides is 1. The molecule has 1 aromatic heterocycles. The monoisotopic (exact) mass is 418 g/mol. The maximum absolute atomic E-state index is 13.1. The maximum Gasteiger partial charge on any atom is 0.222 e. The van der Waals surface area contributed by atoms with Gasteiger partial charge in [0.25, 0.3) is 0 Å². The SMILES string of the molecule is CCCCCCCC(=O)N1CCCN(c2nc(Cc3ccc(F)cc3)ns2)CC1.